The van der Waals surface area contributed by atoms with Gasteiger partial charge in [-0.3, -0.25) is 4.79 Å². The van der Waals surface area contributed by atoms with Crippen LogP contribution in [0.25, 0.3) is 16.7 Å². The molecule has 0 unspecified atom stereocenters. The van der Waals surface area contributed by atoms with Crippen molar-refractivity contribution in [2.45, 2.75) is 43.9 Å². The second-order valence-corrected chi connectivity index (χ2v) is 9.19. The molecule has 1 aromatic carbocycles. The molecular formula is C25H22ClF3N6O. The van der Waals surface area contributed by atoms with Gasteiger partial charge in [0.2, 0.25) is 0 Å². The minimum absolute atomic E-state index is 0.133. The average Bonchev–Trinajstić information content (AvgIpc) is 3.35. The lowest BCUT2D eigenvalue weighted by molar-refractivity contribution is -0.140. The number of rotatable bonds is 5. The third kappa shape index (κ3) is 5.28. The van der Waals surface area contributed by atoms with Gasteiger partial charge in [-0.1, -0.05) is 17.7 Å². The van der Waals surface area contributed by atoms with E-state index in [-0.39, 0.29) is 23.5 Å². The predicted molar refractivity (Wildman–Crippen MR) is 130 cm³/mol. The minimum atomic E-state index is -4.58. The zero-order valence-corrected chi connectivity index (χ0v) is 19.7. The Morgan fingerprint density at radius 2 is 1.94 bits per heavy atom. The van der Waals surface area contributed by atoms with E-state index in [1.807, 2.05) is 6.07 Å². The van der Waals surface area contributed by atoms with Crippen LogP contribution in [0.1, 0.15) is 41.7 Å². The van der Waals surface area contributed by atoms with Crippen LogP contribution >= 0.6 is 11.6 Å². The van der Waals surface area contributed by atoms with E-state index in [1.165, 1.54) is 23.0 Å². The summed E-state index contributed by atoms with van der Waals surface area (Å²) in [6, 6.07) is 10.8. The van der Waals surface area contributed by atoms with E-state index in [4.69, 9.17) is 11.6 Å². The molecule has 2 atom stereocenters. The van der Waals surface area contributed by atoms with Crippen molar-refractivity contribution in [3.8, 4) is 5.82 Å². The number of benzene rings is 1. The molecule has 3 heterocycles. The molecule has 1 aliphatic rings. The van der Waals surface area contributed by atoms with Gasteiger partial charge in [0.25, 0.3) is 5.91 Å². The zero-order valence-electron chi connectivity index (χ0n) is 19.0. The number of pyridine rings is 2. The highest BCUT2D eigenvalue weighted by atomic mass is 35.5. The first kappa shape index (κ1) is 24.1. The topological polar surface area (TPSA) is 84.7 Å². The lowest BCUT2D eigenvalue weighted by Crippen LogP contribution is -2.41. The second-order valence-electron chi connectivity index (χ2n) is 8.75. The van der Waals surface area contributed by atoms with E-state index in [0.717, 1.165) is 25.3 Å². The molecule has 1 fully saturated rings. The van der Waals surface area contributed by atoms with E-state index in [9.17, 15) is 18.0 Å². The molecule has 0 saturated heterocycles. The Bertz CT molecular complexity index is 1390. The van der Waals surface area contributed by atoms with Gasteiger partial charge in [0.1, 0.15) is 5.69 Å². The summed E-state index contributed by atoms with van der Waals surface area (Å²) in [5, 5.41) is 11.4. The third-order valence-electron chi connectivity index (χ3n) is 6.16. The van der Waals surface area contributed by atoms with Crippen molar-refractivity contribution in [3.63, 3.8) is 0 Å². The molecule has 2 N–H and O–H groups in total. The SMILES string of the molecule is O=C(N[C@@H]1CCC[C@H](Nc2cc(C(F)(F)F)nc3ccc(Cl)cc23)C1)c1cnn(-c2ccccn2)c1. The van der Waals surface area contributed by atoms with Crippen molar-refractivity contribution in [2.24, 2.45) is 0 Å². The first-order valence-corrected chi connectivity index (χ1v) is 11.8. The van der Waals surface area contributed by atoms with Crippen LogP contribution in [0.5, 0.6) is 0 Å². The van der Waals surface area contributed by atoms with Crippen molar-refractivity contribution in [1.82, 2.24) is 25.1 Å². The standard InChI is InChI=1S/C25H22ClF3N6O/c26-16-7-8-20-19(10-16)21(12-22(34-20)25(27,28)29)32-17-4-3-5-18(11-17)33-24(36)15-13-31-35(14-15)23-6-1-2-9-30-23/h1-2,6-10,12-14,17-18H,3-5,11H2,(H,32,34)(H,33,36)/t17-,18+/m0/s1. The maximum Gasteiger partial charge on any atom is 0.433 e. The molecule has 1 amide bonds. The Labute approximate surface area is 209 Å². The summed E-state index contributed by atoms with van der Waals surface area (Å²) in [7, 11) is 0. The molecule has 3 aromatic heterocycles. The summed E-state index contributed by atoms with van der Waals surface area (Å²) < 4.78 is 41.9. The summed E-state index contributed by atoms with van der Waals surface area (Å²) in [6.07, 6.45) is 3.06. The van der Waals surface area contributed by atoms with Crippen LogP contribution in [-0.2, 0) is 6.18 Å². The summed E-state index contributed by atoms with van der Waals surface area (Å²) in [6.45, 7) is 0. The largest absolute Gasteiger partial charge is 0.433 e. The first-order valence-electron chi connectivity index (χ1n) is 11.5. The molecule has 5 rings (SSSR count). The number of nitrogens with one attached hydrogen (secondary N) is 2. The number of fused-ring (bicyclic) bond motifs is 1. The van der Waals surface area contributed by atoms with Crippen LogP contribution < -0.4 is 10.6 Å². The van der Waals surface area contributed by atoms with Gasteiger partial charge in [-0.15, -0.1) is 0 Å². The lowest BCUT2D eigenvalue weighted by Gasteiger charge is -2.31. The fourth-order valence-corrected chi connectivity index (χ4v) is 4.63. The van der Waals surface area contributed by atoms with Crippen LogP contribution in [0.3, 0.4) is 0 Å². The number of nitrogens with zero attached hydrogens (tertiary/aromatic N) is 4. The first-order chi connectivity index (χ1) is 17.3. The molecular weight excluding hydrogens is 493 g/mol. The van der Waals surface area contributed by atoms with Crippen LogP contribution in [-0.4, -0.2) is 37.7 Å². The number of carbonyl (C=O) groups excluding carboxylic acids is 1. The lowest BCUT2D eigenvalue weighted by atomic mass is 9.90. The molecule has 36 heavy (non-hydrogen) atoms. The van der Waals surface area contributed by atoms with Crippen molar-refractivity contribution in [2.75, 3.05) is 5.32 Å². The van der Waals surface area contributed by atoms with Gasteiger partial charge in [0, 0.05) is 40.6 Å². The van der Waals surface area contributed by atoms with Gasteiger partial charge in [0.15, 0.2) is 5.82 Å². The fourth-order valence-electron chi connectivity index (χ4n) is 4.46. The van der Waals surface area contributed by atoms with E-state index in [2.05, 4.69) is 25.7 Å². The number of carbonyl (C=O) groups is 1. The maximum absolute atomic E-state index is 13.5. The van der Waals surface area contributed by atoms with Gasteiger partial charge in [-0.25, -0.2) is 14.6 Å². The Kier molecular flexibility index (Phi) is 6.53. The average molecular weight is 515 g/mol. The number of anilines is 1. The van der Waals surface area contributed by atoms with Crippen LogP contribution in [0.15, 0.2) is 61.1 Å². The number of alkyl halides is 3. The van der Waals surface area contributed by atoms with E-state index < -0.39 is 11.9 Å². The second kappa shape index (κ2) is 9.77. The number of aromatic nitrogens is 4. The summed E-state index contributed by atoms with van der Waals surface area (Å²) in [4.78, 5) is 20.8. The molecule has 1 aliphatic carbocycles. The van der Waals surface area contributed by atoms with Crippen molar-refractivity contribution < 1.29 is 18.0 Å². The predicted octanol–water partition coefficient (Wildman–Crippen LogP) is 5.64. The van der Waals surface area contributed by atoms with Gasteiger partial charge in [-0.05, 0) is 62.1 Å². The molecule has 0 bridgehead atoms. The van der Waals surface area contributed by atoms with Crippen LogP contribution in [0, 0.1) is 0 Å². The van der Waals surface area contributed by atoms with Gasteiger partial charge >= 0.3 is 6.18 Å². The van der Waals surface area contributed by atoms with Crippen LogP contribution in [0.4, 0.5) is 18.9 Å². The molecule has 11 heteroatoms. The number of amides is 1. The molecule has 0 spiro atoms. The maximum atomic E-state index is 13.5. The number of hydrogen-bond donors (Lipinski definition) is 2. The highest BCUT2D eigenvalue weighted by molar-refractivity contribution is 6.31. The normalized spacial score (nSPS) is 18.2. The molecule has 1 saturated carbocycles. The molecule has 0 aliphatic heterocycles. The van der Waals surface area contributed by atoms with E-state index in [0.29, 0.717) is 33.9 Å². The minimum Gasteiger partial charge on any atom is -0.382 e. The molecule has 7 nitrogen and oxygen atoms in total. The van der Waals surface area contributed by atoms with Gasteiger partial charge in [-0.2, -0.15) is 18.3 Å². The smallest absolute Gasteiger partial charge is 0.382 e. The fraction of sp³-hybridized carbons (Fsp3) is 0.280. The zero-order chi connectivity index (χ0) is 25.3. The Morgan fingerprint density at radius 1 is 1.11 bits per heavy atom. The van der Waals surface area contributed by atoms with Crippen molar-refractivity contribution in [1.29, 1.82) is 0 Å². The highest BCUT2D eigenvalue weighted by Gasteiger charge is 2.34. The Morgan fingerprint density at radius 3 is 2.72 bits per heavy atom. The third-order valence-corrected chi connectivity index (χ3v) is 6.39. The van der Waals surface area contributed by atoms with Crippen molar-refractivity contribution in [3.05, 3.63) is 77.3 Å². The van der Waals surface area contributed by atoms with E-state index in [1.54, 1.807) is 30.6 Å². The number of hydrogen-bond acceptors (Lipinski definition) is 5. The summed E-state index contributed by atoms with van der Waals surface area (Å²) >= 11 is 6.11. The van der Waals surface area contributed by atoms with Gasteiger partial charge < -0.3 is 10.6 Å². The Balaban J connectivity index is 1.30. The van der Waals surface area contributed by atoms with Gasteiger partial charge in [0.05, 0.1) is 17.3 Å². The molecule has 186 valence electrons. The summed E-state index contributed by atoms with van der Waals surface area (Å²) in [5.74, 6) is 0.338. The van der Waals surface area contributed by atoms with E-state index >= 15 is 0 Å². The molecule has 4 aromatic rings. The number of halogens is 4. The van der Waals surface area contributed by atoms with Crippen LogP contribution in [0.2, 0.25) is 5.02 Å². The quantitative estimate of drug-likeness (QED) is 0.360. The molecule has 0 radical (unpaired) electrons. The Hall–Kier alpha value is -3.66. The monoisotopic (exact) mass is 514 g/mol. The highest BCUT2D eigenvalue weighted by Crippen LogP contribution is 2.35. The summed E-state index contributed by atoms with van der Waals surface area (Å²) in [5.41, 5.74) is -0.0310. The van der Waals surface area contributed by atoms with Crippen molar-refractivity contribution >= 4 is 34.1 Å².